The monoisotopic (exact) mass is 277 g/mol. The van der Waals surface area contributed by atoms with Gasteiger partial charge < -0.3 is 0 Å². The first-order chi connectivity index (χ1) is 2.50. The molecule has 0 aliphatic heterocycles. The fourth-order valence-corrected chi connectivity index (χ4v) is 0.167. The van der Waals surface area contributed by atoms with E-state index in [9.17, 15) is 0 Å². The summed E-state index contributed by atoms with van der Waals surface area (Å²) >= 11 is 0. The van der Waals surface area contributed by atoms with E-state index in [1.807, 2.05) is 0 Å². The second-order valence-corrected chi connectivity index (χ2v) is 0.652. The van der Waals surface area contributed by atoms with Crippen molar-refractivity contribution >= 4 is 27.3 Å². The van der Waals surface area contributed by atoms with E-state index >= 15 is 0 Å². The van der Waals surface area contributed by atoms with Crippen LogP contribution in [0.15, 0.2) is 12.7 Å². The van der Waals surface area contributed by atoms with Gasteiger partial charge in [0.15, 0.2) is 0 Å². The van der Waals surface area contributed by atoms with Gasteiger partial charge in [-0.2, -0.15) is 5.10 Å². The Labute approximate surface area is 55.3 Å². The molecule has 0 aromatic carbocycles. The molecule has 1 heterocycles. The molecule has 4 heteroatoms. The van der Waals surface area contributed by atoms with Crippen molar-refractivity contribution in [1.29, 1.82) is 0 Å². The Kier molecular flexibility index (Phi) is 3.29. The van der Waals surface area contributed by atoms with Gasteiger partial charge in [-0.25, -0.2) is 4.98 Å². The Bertz CT molecular complexity index is 65.3. The van der Waals surface area contributed by atoms with E-state index in [1.54, 1.807) is 0 Å². The average Bonchev–Trinajstić information content (AvgIpc) is 1.76. The van der Waals surface area contributed by atoms with E-state index in [0.717, 1.165) is 0 Å². The summed E-state index contributed by atoms with van der Waals surface area (Å²) < 4.78 is 0. The molecule has 0 saturated heterocycles. The van der Waals surface area contributed by atoms with Gasteiger partial charge in [-0.3, -0.25) is 5.10 Å². The van der Waals surface area contributed by atoms with Gasteiger partial charge in [0.25, 0.3) is 0 Å². The third kappa shape index (κ3) is 1.49. The number of hydrogen-bond acceptors (Lipinski definition) is 2. The topological polar surface area (TPSA) is 41.6 Å². The molecule has 0 amide bonds. The number of hydrogen-bond donors (Lipinski definition) is 1. The molecule has 0 spiro atoms. The van der Waals surface area contributed by atoms with E-state index in [2.05, 4.69) is 15.2 Å². The number of aromatic nitrogens is 3. The molecule has 0 aliphatic rings. The van der Waals surface area contributed by atoms with E-state index < -0.39 is 0 Å². The van der Waals surface area contributed by atoms with Gasteiger partial charge >= 0.3 is 0 Å². The molecule has 1 rings (SSSR count). The van der Waals surface area contributed by atoms with Gasteiger partial charge in [-0.1, -0.05) is 0 Å². The summed E-state index contributed by atoms with van der Waals surface area (Å²) in [6, 6.07) is 0. The summed E-state index contributed by atoms with van der Waals surface area (Å²) in [6.07, 6.45) is 2.96. The number of nitrogens with zero attached hydrogens (tertiary/aromatic N) is 2. The second-order valence-electron chi connectivity index (χ2n) is 0.652. The first-order valence-corrected chi connectivity index (χ1v) is 1.29. The van der Waals surface area contributed by atoms with E-state index in [-0.39, 0.29) is 27.3 Å². The molecule has 0 bridgehead atoms. The maximum Gasteiger partial charge on any atom is 0.137 e. The third-order valence-electron chi connectivity index (χ3n) is 0.331. The van der Waals surface area contributed by atoms with Crippen LogP contribution in [0.5, 0.6) is 0 Å². The predicted octanol–water partition coefficient (Wildman–Crippen LogP) is -0.576. The SMILES string of the molecule is [Pb].c1nc[nH]n1. The average molecular weight is 276 g/mol. The molecular formula is C2H3N3Pb. The van der Waals surface area contributed by atoms with Crippen molar-refractivity contribution < 1.29 is 0 Å². The Morgan fingerprint density at radius 1 is 1.50 bits per heavy atom. The van der Waals surface area contributed by atoms with Gasteiger partial charge in [-0.15, -0.1) is 0 Å². The zero-order valence-corrected chi connectivity index (χ0v) is 6.94. The summed E-state index contributed by atoms with van der Waals surface area (Å²) in [4.78, 5) is 3.56. The normalized spacial score (nSPS) is 6.67. The van der Waals surface area contributed by atoms with Crippen LogP contribution in [-0.2, 0) is 0 Å². The van der Waals surface area contributed by atoms with Crippen LogP contribution < -0.4 is 0 Å². The van der Waals surface area contributed by atoms with Crippen molar-refractivity contribution in [2.75, 3.05) is 0 Å². The molecule has 0 aliphatic carbocycles. The molecule has 3 nitrogen and oxygen atoms in total. The molecule has 1 aromatic rings. The maximum absolute atomic E-state index is 3.56. The van der Waals surface area contributed by atoms with Crippen LogP contribution in [-0.4, -0.2) is 42.5 Å². The van der Waals surface area contributed by atoms with E-state index in [1.165, 1.54) is 12.7 Å². The molecule has 0 atom stereocenters. The number of nitrogens with one attached hydrogen (secondary N) is 1. The van der Waals surface area contributed by atoms with Crippen LogP contribution >= 0.6 is 0 Å². The standard InChI is InChI=1S/C2H3N3.Pb/c1-3-2-5-4-1;/h1-2H,(H,3,4,5);. The van der Waals surface area contributed by atoms with Crippen molar-refractivity contribution in [3.05, 3.63) is 12.7 Å². The third-order valence-corrected chi connectivity index (χ3v) is 0.331. The first kappa shape index (κ1) is 6.06. The predicted molar refractivity (Wildman–Crippen MR) is 22.1 cm³/mol. The molecule has 1 N–H and O–H groups in total. The molecular weight excluding hydrogens is 273 g/mol. The largest absolute Gasteiger partial charge is 0.266 e. The van der Waals surface area contributed by atoms with Crippen LogP contribution in [0.1, 0.15) is 0 Å². The molecule has 30 valence electrons. The molecule has 6 heavy (non-hydrogen) atoms. The van der Waals surface area contributed by atoms with Gasteiger partial charge in [-0.05, 0) is 0 Å². The van der Waals surface area contributed by atoms with Crippen molar-refractivity contribution in [3.8, 4) is 0 Å². The zero-order chi connectivity index (χ0) is 3.54. The Morgan fingerprint density at radius 3 is 2.50 bits per heavy atom. The first-order valence-electron chi connectivity index (χ1n) is 1.29. The van der Waals surface area contributed by atoms with Crippen LogP contribution in [0.2, 0.25) is 0 Å². The fraction of sp³-hybridized carbons (Fsp3) is 0. The van der Waals surface area contributed by atoms with E-state index in [4.69, 9.17) is 0 Å². The summed E-state index contributed by atoms with van der Waals surface area (Å²) in [5.41, 5.74) is 0. The minimum absolute atomic E-state index is 0. The van der Waals surface area contributed by atoms with Gasteiger partial charge in [0.2, 0.25) is 0 Å². The van der Waals surface area contributed by atoms with Gasteiger partial charge in [0.05, 0.1) is 0 Å². The van der Waals surface area contributed by atoms with Crippen molar-refractivity contribution in [1.82, 2.24) is 15.2 Å². The second kappa shape index (κ2) is 3.26. The summed E-state index contributed by atoms with van der Waals surface area (Å²) in [5, 5.41) is 5.99. The Morgan fingerprint density at radius 2 is 2.33 bits per heavy atom. The number of rotatable bonds is 0. The summed E-state index contributed by atoms with van der Waals surface area (Å²) in [5.74, 6) is 0. The maximum atomic E-state index is 3.56. The zero-order valence-electron chi connectivity index (χ0n) is 3.05. The minimum Gasteiger partial charge on any atom is -0.266 e. The van der Waals surface area contributed by atoms with Crippen molar-refractivity contribution in [3.63, 3.8) is 0 Å². The molecule has 0 unspecified atom stereocenters. The van der Waals surface area contributed by atoms with Crippen molar-refractivity contribution in [2.45, 2.75) is 0 Å². The fourth-order valence-electron chi connectivity index (χ4n) is 0.167. The van der Waals surface area contributed by atoms with Crippen LogP contribution in [0.4, 0.5) is 0 Å². The Balaban J connectivity index is 0.000000250. The van der Waals surface area contributed by atoms with E-state index in [0.29, 0.717) is 0 Å². The summed E-state index contributed by atoms with van der Waals surface area (Å²) in [7, 11) is 0. The Hall–Kier alpha value is 0.0621. The van der Waals surface area contributed by atoms with Crippen LogP contribution in [0.25, 0.3) is 0 Å². The molecule has 0 fully saturated rings. The number of aromatic amines is 1. The molecule has 1 aromatic heterocycles. The van der Waals surface area contributed by atoms with Crippen molar-refractivity contribution in [2.24, 2.45) is 0 Å². The summed E-state index contributed by atoms with van der Waals surface area (Å²) in [6.45, 7) is 0. The molecule has 0 saturated carbocycles. The van der Waals surface area contributed by atoms with Crippen LogP contribution in [0.3, 0.4) is 0 Å². The van der Waals surface area contributed by atoms with Crippen LogP contribution in [0, 0.1) is 0 Å². The minimum atomic E-state index is 0. The number of H-pyrrole nitrogens is 1. The quantitative estimate of drug-likeness (QED) is 0.644. The van der Waals surface area contributed by atoms with Gasteiger partial charge in [0, 0.05) is 27.3 Å². The molecule has 4 radical (unpaired) electrons. The van der Waals surface area contributed by atoms with Gasteiger partial charge in [0.1, 0.15) is 12.7 Å². The smallest absolute Gasteiger partial charge is 0.137 e.